The molecule has 118 valence electrons. The van der Waals surface area contributed by atoms with Crippen LogP contribution in [-0.4, -0.2) is 20.3 Å². The Labute approximate surface area is 135 Å². The van der Waals surface area contributed by atoms with Crippen LogP contribution in [0.2, 0.25) is 0 Å². The summed E-state index contributed by atoms with van der Waals surface area (Å²) in [4.78, 5) is 16.1. The number of hydrogen-bond acceptors (Lipinski definition) is 6. The number of nitrogens with one attached hydrogen (secondary N) is 1. The monoisotopic (exact) mass is 320 g/mol. The van der Waals surface area contributed by atoms with Gasteiger partial charge in [-0.15, -0.1) is 0 Å². The number of para-hydroxylation sites is 1. The standard InChI is InChI=1S/C17H12N4O3/c22-16-13-9-5-4-8-12(13)15(19-20-16)17-18-14(21-24-17)10-23-11-6-2-1-3-7-11/h1-9H,10H2,(H,20,22). The fraction of sp³-hybridized carbons (Fsp3) is 0.0588. The average Bonchev–Trinajstić information content (AvgIpc) is 3.10. The number of fused-ring (bicyclic) bond motifs is 1. The molecule has 0 fully saturated rings. The first-order chi connectivity index (χ1) is 11.8. The van der Waals surface area contributed by atoms with Gasteiger partial charge in [0.1, 0.15) is 5.75 Å². The van der Waals surface area contributed by atoms with Gasteiger partial charge in [-0.2, -0.15) is 10.1 Å². The Balaban J connectivity index is 1.64. The first kappa shape index (κ1) is 14.1. The number of ether oxygens (including phenoxy) is 1. The van der Waals surface area contributed by atoms with Crippen LogP contribution < -0.4 is 10.3 Å². The van der Waals surface area contributed by atoms with E-state index in [1.54, 1.807) is 18.2 Å². The zero-order valence-electron chi connectivity index (χ0n) is 12.5. The maximum atomic E-state index is 11.8. The Kier molecular flexibility index (Phi) is 3.51. The number of rotatable bonds is 4. The Bertz CT molecular complexity index is 1040. The molecule has 2 aromatic heterocycles. The number of aromatic amines is 1. The van der Waals surface area contributed by atoms with E-state index in [1.165, 1.54) is 0 Å². The number of nitrogens with zero attached hydrogens (tertiary/aromatic N) is 3. The maximum Gasteiger partial charge on any atom is 0.279 e. The van der Waals surface area contributed by atoms with E-state index in [0.717, 1.165) is 5.75 Å². The van der Waals surface area contributed by atoms with Gasteiger partial charge in [-0.05, 0) is 18.2 Å². The van der Waals surface area contributed by atoms with Gasteiger partial charge in [-0.3, -0.25) is 4.79 Å². The van der Waals surface area contributed by atoms with E-state index in [2.05, 4.69) is 20.3 Å². The molecule has 0 saturated carbocycles. The smallest absolute Gasteiger partial charge is 0.279 e. The van der Waals surface area contributed by atoms with E-state index in [0.29, 0.717) is 22.3 Å². The topological polar surface area (TPSA) is 93.9 Å². The van der Waals surface area contributed by atoms with Crippen molar-refractivity contribution in [2.45, 2.75) is 6.61 Å². The summed E-state index contributed by atoms with van der Waals surface area (Å²) < 4.78 is 10.8. The molecule has 0 aliphatic heterocycles. The molecular formula is C17H12N4O3. The Morgan fingerprint density at radius 1 is 1.00 bits per heavy atom. The molecule has 4 rings (SSSR count). The second kappa shape index (κ2) is 5.96. The summed E-state index contributed by atoms with van der Waals surface area (Å²) in [5.41, 5.74) is 0.171. The molecular weight excluding hydrogens is 308 g/mol. The molecule has 4 aromatic rings. The number of hydrogen-bond donors (Lipinski definition) is 1. The molecule has 0 unspecified atom stereocenters. The Hall–Kier alpha value is -3.48. The fourth-order valence-corrected chi connectivity index (χ4v) is 2.35. The van der Waals surface area contributed by atoms with Crippen LogP contribution in [0.5, 0.6) is 5.75 Å². The highest BCUT2D eigenvalue weighted by Crippen LogP contribution is 2.22. The SMILES string of the molecule is O=c1[nH]nc(-c2nc(COc3ccccc3)no2)c2ccccc12. The lowest BCUT2D eigenvalue weighted by atomic mass is 10.1. The fourth-order valence-electron chi connectivity index (χ4n) is 2.35. The van der Waals surface area contributed by atoms with Crippen molar-refractivity contribution in [3.8, 4) is 17.3 Å². The van der Waals surface area contributed by atoms with Gasteiger partial charge in [0.05, 0.1) is 5.39 Å². The lowest BCUT2D eigenvalue weighted by molar-refractivity contribution is 0.287. The predicted octanol–water partition coefficient (Wildman–Crippen LogP) is 2.55. The van der Waals surface area contributed by atoms with Crippen LogP contribution in [0.4, 0.5) is 0 Å². The van der Waals surface area contributed by atoms with Crippen molar-refractivity contribution in [2.24, 2.45) is 0 Å². The highest BCUT2D eigenvalue weighted by molar-refractivity contribution is 5.91. The molecule has 0 spiro atoms. The summed E-state index contributed by atoms with van der Waals surface area (Å²) in [6, 6.07) is 16.5. The van der Waals surface area contributed by atoms with Crippen LogP contribution in [0.1, 0.15) is 5.82 Å². The summed E-state index contributed by atoms with van der Waals surface area (Å²) >= 11 is 0. The maximum absolute atomic E-state index is 11.8. The molecule has 2 aromatic carbocycles. The molecule has 24 heavy (non-hydrogen) atoms. The minimum atomic E-state index is -0.263. The summed E-state index contributed by atoms with van der Waals surface area (Å²) in [7, 11) is 0. The van der Waals surface area contributed by atoms with Crippen LogP contribution in [0.3, 0.4) is 0 Å². The van der Waals surface area contributed by atoms with Gasteiger partial charge in [0, 0.05) is 5.39 Å². The predicted molar refractivity (Wildman–Crippen MR) is 86.4 cm³/mol. The van der Waals surface area contributed by atoms with Gasteiger partial charge in [0.2, 0.25) is 5.82 Å². The van der Waals surface area contributed by atoms with Gasteiger partial charge >= 0.3 is 0 Å². The van der Waals surface area contributed by atoms with Gasteiger partial charge in [-0.25, -0.2) is 5.10 Å². The second-order valence-electron chi connectivity index (χ2n) is 5.06. The molecule has 7 nitrogen and oxygen atoms in total. The third-order valence-electron chi connectivity index (χ3n) is 3.48. The van der Waals surface area contributed by atoms with Crippen LogP contribution in [0, 0.1) is 0 Å². The Morgan fingerprint density at radius 3 is 2.58 bits per heavy atom. The van der Waals surface area contributed by atoms with E-state index in [1.807, 2.05) is 36.4 Å². The average molecular weight is 320 g/mol. The molecule has 0 amide bonds. The minimum absolute atomic E-state index is 0.175. The third-order valence-corrected chi connectivity index (χ3v) is 3.48. The first-order valence-electron chi connectivity index (χ1n) is 7.29. The molecule has 2 heterocycles. The lowest BCUT2D eigenvalue weighted by Crippen LogP contribution is -2.09. The quantitative estimate of drug-likeness (QED) is 0.621. The first-order valence-corrected chi connectivity index (χ1v) is 7.29. The van der Waals surface area contributed by atoms with Gasteiger partial charge in [0.25, 0.3) is 11.4 Å². The van der Waals surface area contributed by atoms with Crippen LogP contribution in [0.25, 0.3) is 22.4 Å². The van der Waals surface area contributed by atoms with Crippen LogP contribution >= 0.6 is 0 Å². The van der Waals surface area contributed by atoms with E-state index in [4.69, 9.17) is 9.26 Å². The highest BCUT2D eigenvalue weighted by atomic mass is 16.5. The largest absolute Gasteiger partial charge is 0.485 e. The van der Waals surface area contributed by atoms with E-state index in [9.17, 15) is 4.79 Å². The van der Waals surface area contributed by atoms with Gasteiger partial charge in [-0.1, -0.05) is 41.6 Å². The molecule has 0 saturated heterocycles. The van der Waals surface area contributed by atoms with Crippen molar-refractivity contribution in [1.29, 1.82) is 0 Å². The van der Waals surface area contributed by atoms with Crippen molar-refractivity contribution in [1.82, 2.24) is 20.3 Å². The van der Waals surface area contributed by atoms with Crippen LogP contribution in [0.15, 0.2) is 63.9 Å². The molecule has 0 atom stereocenters. The molecule has 0 bridgehead atoms. The summed E-state index contributed by atoms with van der Waals surface area (Å²) in [6.07, 6.45) is 0. The molecule has 1 N–H and O–H groups in total. The molecule has 0 aliphatic carbocycles. The third kappa shape index (κ3) is 2.63. The summed E-state index contributed by atoms with van der Waals surface area (Å²) in [5, 5.41) is 11.5. The highest BCUT2D eigenvalue weighted by Gasteiger charge is 2.15. The van der Waals surface area contributed by atoms with Gasteiger partial charge < -0.3 is 9.26 Å². The van der Waals surface area contributed by atoms with Crippen molar-refractivity contribution >= 4 is 10.8 Å². The van der Waals surface area contributed by atoms with Crippen molar-refractivity contribution in [3.05, 3.63) is 70.8 Å². The van der Waals surface area contributed by atoms with E-state index in [-0.39, 0.29) is 18.1 Å². The molecule has 7 heteroatoms. The molecule has 0 aliphatic rings. The van der Waals surface area contributed by atoms with Crippen molar-refractivity contribution in [2.75, 3.05) is 0 Å². The normalized spacial score (nSPS) is 10.8. The number of benzene rings is 2. The van der Waals surface area contributed by atoms with Gasteiger partial charge in [0.15, 0.2) is 12.3 Å². The number of aromatic nitrogens is 4. The zero-order valence-corrected chi connectivity index (χ0v) is 12.5. The second-order valence-corrected chi connectivity index (χ2v) is 5.06. The van der Waals surface area contributed by atoms with Crippen LogP contribution in [-0.2, 0) is 6.61 Å². The summed E-state index contributed by atoms with van der Waals surface area (Å²) in [6.45, 7) is 0.175. The Morgan fingerprint density at radius 2 is 1.75 bits per heavy atom. The van der Waals surface area contributed by atoms with Crippen molar-refractivity contribution < 1.29 is 9.26 Å². The van der Waals surface area contributed by atoms with E-state index >= 15 is 0 Å². The van der Waals surface area contributed by atoms with Crippen molar-refractivity contribution in [3.63, 3.8) is 0 Å². The molecule has 0 radical (unpaired) electrons. The number of H-pyrrole nitrogens is 1. The minimum Gasteiger partial charge on any atom is -0.485 e. The van der Waals surface area contributed by atoms with E-state index < -0.39 is 0 Å². The summed E-state index contributed by atoms with van der Waals surface area (Å²) in [5.74, 6) is 1.34. The lowest BCUT2D eigenvalue weighted by Gasteiger charge is -2.01. The zero-order chi connectivity index (χ0) is 16.4.